The molecule has 0 fully saturated rings. The number of nitrogens with zero attached hydrogens (tertiary/aromatic N) is 2. The first kappa shape index (κ1) is 35.2. The van der Waals surface area contributed by atoms with Gasteiger partial charge in [0.2, 0.25) is 0 Å². The Bertz CT molecular complexity index is 3510. The zero-order valence-electron chi connectivity index (χ0n) is 33.6. The van der Waals surface area contributed by atoms with Gasteiger partial charge in [0.05, 0.1) is 16.6 Å². The largest absolute Gasteiger partial charge is 0.228 e. The van der Waals surface area contributed by atoms with Gasteiger partial charge in [-0.3, -0.25) is 0 Å². The van der Waals surface area contributed by atoms with Crippen LogP contribution in [0.2, 0.25) is 0 Å². The standard InChI is InChI=1S/C59H36N2S/c1-2-12-37(13-3-1)38-22-26-42(27-23-38)55-49-19-9-11-21-54(49)60-58(61-55)43-28-24-39(25-29-43)44-30-33-48-47-18-8-10-20-50(47)59(53(48)36-44)51-34-31-40-14-4-6-16-45(40)56(51)62-57-46-17-7-5-15-41(46)32-35-52(57)59/h1-36H. The Hall–Kier alpha value is -7.59. The molecule has 2 heterocycles. The topological polar surface area (TPSA) is 25.8 Å². The Morgan fingerprint density at radius 2 is 0.839 bits per heavy atom. The fraction of sp³-hybridized carbons (Fsp3) is 0.0169. The first-order valence-electron chi connectivity index (χ1n) is 21.2. The molecule has 0 saturated heterocycles. The molecule has 10 aromatic carbocycles. The predicted octanol–water partition coefficient (Wildman–Crippen LogP) is 15.4. The van der Waals surface area contributed by atoms with Crippen LogP contribution in [-0.4, -0.2) is 9.97 Å². The molecule has 1 aliphatic carbocycles. The molecule has 2 aliphatic rings. The van der Waals surface area contributed by atoms with Crippen LogP contribution < -0.4 is 0 Å². The molecule has 0 unspecified atom stereocenters. The van der Waals surface area contributed by atoms with Gasteiger partial charge in [0.1, 0.15) is 0 Å². The van der Waals surface area contributed by atoms with Crippen molar-refractivity contribution in [3.05, 3.63) is 241 Å². The summed E-state index contributed by atoms with van der Waals surface area (Å²) in [4.78, 5) is 13.0. The number of para-hydroxylation sites is 1. The maximum atomic E-state index is 5.25. The highest BCUT2D eigenvalue weighted by atomic mass is 32.2. The molecule has 0 N–H and O–H groups in total. The van der Waals surface area contributed by atoms with E-state index in [1.165, 1.54) is 81.4 Å². The van der Waals surface area contributed by atoms with E-state index in [0.717, 1.165) is 33.3 Å². The van der Waals surface area contributed by atoms with E-state index in [1.807, 2.05) is 11.8 Å². The van der Waals surface area contributed by atoms with Gasteiger partial charge in [-0.1, -0.05) is 218 Å². The maximum absolute atomic E-state index is 5.25. The van der Waals surface area contributed by atoms with Crippen molar-refractivity contribution in [2.24, 2.45) is 0 Å². The Kier molecular flexibility index (Phi) is 7.79. The lowest BCUT2D eigenvalue weighted by Crippen LogP contribution is -2.32. The summed E-state index contributed by atoms with van der Waals surface area (Å²) in [5.74, 6) is 0.716. The van der Waals surface area contributed by atoms with Crippen LogP contribution in [0.1, 0.15) is 22.3 Å². The fourth-order valence-corrected chi connectivity index (χ4v) is 11.7. The summed E-state index contributed by atoms with van der Waals surface area (Å²) in [7, 11) is 0. The van der Waals surface area contributed by atoms with Crippen molar-refractivity contribution in [1.82, 2.24) is 9.97 Å². The number of rotatable bonds is 4. The zero-order chi connectivity index (χ0) is 40.8. The second-order valence-corrected chi connectivity index (χ2v) is 17.4. The number of hydrogen-bond acceptors (Lipinski definition) is 3. The van der Waals surface area contributed by atoms with Gasteiger partial charge in [-0.25, -0.2) is 9.97 Å². The Morgan fingerprint density at radius 3 is 1.55 bits per heavy atom. The minimum Gasteiger partial charge on any atom is -0.228 e. The van der Waals surface area contributed by atoms with Gasteiger partial charge in [-0.2, -0.15) is 0 Å². The van der Waals surface area contributed by atoms with E-state index in [2.05, 4.69) is 218 Å². The summed E-state index contributed by atoms with van der Waals surface area (Å²) in [6.45, 7) is 0. The van der Waals surface area contributed by atoms with Crippen LogP contribution in [0.15, 0.2) is 228 Å². The third-order valence-corrected chi connectivity index (χ3v) is 14.4. The van der Waals surface area contributed by atoms with Crippen molar-refractivity contribution in [3.63, 3.8) is 0 Å². The summed E-state index contributed by atoms with van der Waals surface area (Å²) >= 11 is 1.94. The summed E-state index contributed by atoms with van der Waals surface area (Å²) in [5.41, 5.74) is 16.1. The van der Waals surface area contributed by atoms with E-state index in [-0.39, 0.29) is 0 Å². The first-order chi connectivity index (χ1) is 30.7. The van der Waals surface area contributed by atoms with E-state index in [0.29, 0.717) is 5.82 Å². The zero-order valence-corrected chi connectivity index (χ0v) is 34.4. The van der Waals surface area contributed by atoms with Gasteiger partial charge < -0.3 is 0 Å². The van der Waals surface area contributed by atoms with Crippen LogP contribution in [0.5, 0.6) is 0 Å². The SMILES string of the molecule is c1ccc(-c2ccc(-c3nc(-c4ccc(-c5ccc6c(c5)C5(c7ccccc7-6)c6ccc7ccccc7c6Sc6c5ccc5ccccc65)cc4)nc4ccccc34)cc2)cc1. The summed E-state index contributed by atoms with van der Waals surface area (Å²) in [5, 5.41) is 6.17. The Balaban J connectivity index is 0.957. The van der Waals surface area contributed by atoms with Gasteiger partial charge in [0.25, 0.3) is 0 Å². The third-order valence-electron chi connectivity index (χ3n) is 13.2. The molecular formula is C59H36N2S. The molecule has 1 aromatic heterocycles. The summed E-state index contributed by atoms with van der Waals surface area (Å²) < 4.78 is 0. The van der Waals surface area contributed by atoms with Crippen LogP contribution in [0.25, 0.3) is 88.5 Å². The average Bonchev–Trinajstić information content (AvgIpc) is 3.63. The van der Waals surface area contributed by atoms with Gasteiger partial charge >= 0.3 is 0 Å². The van der Waals surface area contributed by atoms with Crippen LogP contribution in [-0.2, 0) is 5.41 Å². The van der Waals surface area contributed by atoms with Crippen LogP contribution in [0.3, 0.4) is 0 Å². The third kappa shape index (κ3) is 5.19. The summed E-state index contributed by atoms with van der Waals surface area (Å²) in [6, 6.07) is 79.8. The molecule has 0 saturated carbocycles. The van der Waals surface area contributed by atoms with Crippen molar-refractivity contribution in [2.75, 3.05) is 0 Å². The molecule has 0 bridgehead atoms. The van der Waals surface area contributed by atoms with Gasteiger partial charge in [0.15, 0.2) is 5.82 Å². The number of fused-ring (bicyclic) bond motifs is 14. The molecule has 0 atom stereocenters. The lowest BCUT2D eigenvalue weighted by molar-refractivity contribution is 0.729. The van der Waals surface area contributed by atoms with Gasteiger partial charge in [-0.05, 0) is 89.3 Å². The molecular weight excluding hydrogens is 769 g/mol. The van der Waals surface area contributed by atoms with Crippen LogP contribution >= 0.6 is 11.8 Å². The lowest BCUT2D eigenvalue weighted by atomic mass is 9.66. The first-order valence-corrected chi connectivity index (χ1v) is 22.0. The monoisotopic (exact) mass is 804 g/mol. The normalized spacial score (nSPS) is 13.2. The molecule has 11 aromatic rings. The smallest absolute Gasteiger partial charge is 0.160 e. The second-order valence-electron chi connectivity index (χ2n) is 16.4. The van der Waals surface area contributed by atoms with E-state index < -0.39 is 5.41 Å². The molecule has 13 rings (SSSR count). The van der Waals surface area contributed by atoms with E-state index in [4.69, 9.17) is 9.97 Å². The van der Waals surface area contributed by atoms with Crippen molar-refractivity contribution in [1.29, 1.82) is 0 Å². The van der Waals surface area contributed by atoms with Crippen molar-refractivity contribution in [3.8, 4) is 56.0 Å². The maximum Gasteiger partial charge on any atom is 0.160 e. The number of benzene rings is 10. The van der Waals surface area contributed by atoms with Crippen molar-refractivity contribution < 1.29 is 0 Å². The minimum absolute atomic E-state index is 0.500. The molecule has 1 spiro atoms. The fourth-order valence-electron chi connectivity index (χ4n) is 10.3. The highest BCUT2D eigenvalue weighted by Crippen LogP contribution is 2.64. The number of hydrogen-bond donors (Lipinski definition) is 0. The van der Waals surface area contributed by atoms with E-state index >= 15 is 0 Å². The minimum atomic E-state index is -0.500. The lowest BCUT2D eigenvalue weighted by Gasteiger charge is -2.40. The summed E-state index contributed by atoms with van der Waals surface area (Å²) in [6.07, 6.45) is 0. The highest BCUT2D eigenvalue weighted by molar-refractivity contribution is 8.00. The highest BCUT2D eigenvalue weighted by Gasteiger charge is 2.51. The molecule has 288 valence electrons. The van der Waals surface area contributed by atoms with E-state index in [1.54, 1.807) is 0 Å². The van der Waals surface area contributed by atoms with Crippen molar-refractivity contribution >= 4 is 44.2 Å². The Labute approximate surface area is 364 Å². The van der Waals surface area contributed by atoms with Crippen molar-refractivity contribution in [2.45, 2.75) is 15.2 Å². The molecule has 0 radical (unpaired) electrons. The van der Waals surface area contributed by atoms with Crippen LogP contribution in [0.4, 0.5) is 0 Å². The van der Waals surface area contributed by atoms with E-state index in [9.17, 15) is 0 Å². The molecule has 3 heteroatoms. The van der Waals surface area contributed by atoms with Crippen LogP contribution in [0, 0.1) is 0 Å². The second kappa shape index (κ2) is 13.7. The molecule has 0 amide bonds. The van der Waals surface area contributed by atoms with Gasteiger partial charge in [-0.15, -0.1) is 0 Å². The molecule has 62 heavy (non-hydrogen) atoms. The quantitative estimate of drug-likeness (QED) is 0.177. The average molecular weight is 805 g/mol. The molecule has 2 nitrogen and oxygen atoms in total. The van der Waals surface area contributed by atoms with Gasteiger partial charge in [0, 0.05) is 26.3 Å². The Morgan fingerprint density at radius 1 is 0.323 bits per heavy atom. The predicted molar refractivity (Wildman–Crippen MR) is 258 cm³/mol. The number of aromatic nitrogens is 2. The molecule has 1 aliphatic heterocycles.